The molecule has 1 aromatic carbocycles. The number of benzene rings is 1. The number of carbonyl (C=O) groups is 1. The number of fused-ring (bicyclic) bond motifs is 2. The Morgan fingerprint density at radius 1 is 1.18 bits per heavy atom. The number of hydrogen-bond donors (Lipinski definition) is 1. The highest BCUT2D eigenvalue weighted by Gasteiger charge is 2.28. The van der Waals surface area contributed by atoms with Crippen molar-refractivity contribution >= 4 is 11.5 Å². The van der Waals surface area contributed by atoms with Gasteiger partial charge in [-0.3, -0.25) is 9.69 Å². The van der Waals surface area contributed by atoms with E-state index in [1.165, 1.54) is 11.6 Å². The van der Waals surface area contributed by atoms with Crippen LogP contribution in [0.4, 0.5) is 4.39 Å². The summed E-state index contributed by atoms with van der Waals surface area (Å²) in [6.07, 6.45) is 6.16. The quantitative estimate of drug-likeness (QED) is 0.829. The number of likely N-dealkylation sites (tertiary alicyclic amines) is 1. The molecule has 4 rings (SSSR count). The van der Waals surface area contributed by atoms with E-state index in [0.717, 1.165) is 48.3 Å². The van der Waals surface area contributed by atoms with E-state index in [0.29, 0.717) is 13.1 Å². The molecule has 7 nitrogen and oxygen atoms in total. The average molecular weight is 391 g/mol. The van der Waals surface area contributed by atoms with Crippen LogP contribution >= 0.6 is 0 Å². The lowest BCUT2D eigenvalue weighted by Crippen LogP contribution is -2.42. The van der Waals surface area contributed by atoms with E-state index < -0.39 is 12.0 Å². The molecule has 28 heavy (non-hydrogen) atoms. The van der Waals surface area contributed by atoms with E-state index in [1.807, 2.05) is 23.4 Å². The largest absolute Gasteiger partial charge is 0.480 e. The molecule has 2 aromatic rings. The van der Waals surface area contributed by atoms with Crippen LogP contribution in [0.25, 0.3) is 5.57 Å². The van der Waals surface area contributed by atoms with Crippen molar-refractivity contribution in [1.29, 1.82) is 0 Å². The van der Waals surface area contributed by atoms with Crippen LogP contribution in [0.1, 0.15) is 36.7 Å². The van der Waals surface area contributed by atoms with Gasteiger partial charge in [0.05, 0.1) is 0 Å². The van der Waals surface area contributed by atoms with Crippen LogP contribution < -0.4 is 0 Å². The van der Waals surface area contributed by atoms with E-state index in [9.17, 15) is 14.3 Å². The van der Waals surface area contributed by atoms with Crippen molar-refractivity contribution in [1.82, 2.24) is 14.5 Å². The van der Waals surface area contributed by atoms with Gasteiger partial charge in [-0.15, -0.1) is 0 Å². The van der Waals surface area contributed by atoms with E-state index >= 15 is 0 Å². The van der Waals surface area contributed by atoms with Crippen LogP contribution in [0.5, 0.6) is 0 Å². The molecular weight excluding hydrogens is 365 g/mol. The molecule has 2 aliphatic rings. The number of halogens is 1. The molecule has 5 N–H and O–H groups in total. The maximum absolute atomic E-state index is 13.8. The van der Waals surface area contributed by atoms with Gasteiger partial charge in [0.1, 0.15) is 17.7 Å². The molecule has 1 saturated heterocycles. The number of aryl methyl sites for hydroxylation is 2. The molecule has 3 heterocycles. The Bertz CT molecular complexity index is 883. The van der Waals surface area contributed by atoms with Crippen molar-refractivity contribution in [2.24, 2.45) is 0 Å². The minimum absolute atomic E-state index is 0. The Morgan fingerprint density at radius 2 is 1.89 bits per heavy atom. The molecule has 0 radical (unpaired) electrons. The van der Waals surface area contributed by atoms with Gasteiger partial charge in [0.15, 0.2) is 0 Å². The van der Waals surface area contributed by atoms with E-state index in [4.69, 9.17) is 0 Å². The van der Waals surface area contributed by atoms with Crippen molar-refractivity contribution in [2.75, 3.05) is 13.1 Å². The zero-order chi connectivity index (χ0) is 18.3. The van der Waals surface area contributed by atoms with Crippen molar-refractivity contribution < 1.29 is 25.2 Å². The topological polar surface area (TPSA) is 121 Å². The molecule has 1 atom stereocenters. The lowest BCUT2D eigenvalue weighted by molar-refractivity contribution is -0.142. The molecule has 0 spiro atoms. The van der Waals surface area contributed by atoms with Gasteiger partial charge in [-0.2, -0.15) is 0 Å². The Kier molecular flexibility index (Phi) is 6.71. The number of nitrogens with zero attached hydrogens (tertiary/aromatic N) is 3. The lowest BCUT2D eigenvalue weighted by atomic mass is 9.89. The lowest BCUT2D eigenvalue weighted by Gasteiger charge is -2.32. The van der Waals surface area contributed by atoms with Crippen molar-refractivity contribution in [3.63, 3.8) is 0 Å². The minimum Gasteiger partial charge on any atom is -0.480 e. The summed E-state index contributed by atoms with van der Waals surface area (Å²) in [6.45, 7) is 3.94. The summed E-state index contributed by atoms with van der Waals surface area (Å²) < 4.78 is 15.9. The minimum atomic E-state index is -0.785. The Labute approximate surface area is 162 Å². The van der Waals surface area contributed by atoms with Gasteiger partial charge in [-0.05, 0) is 49.4 Å². The second-order valence-corrected chi connectivity index (χ2v) is 7.02. The molecule has 152 valence electrons. The third kappa shape index (κ3) is 3.84. The SMILES string of the molecule is CC(C(=O)O)N1CCC(=C2c3ccc(F)cc3CCn3ccnc32)CC1.O.O. The number of carboxylic acid groups (broad SMARTS) is 1. The molecule has 2 aliphatic heterocycles. The summed E-state index contributed by atoms with van der Waals surface area (Å²) in [5, 5.41) is 9.24. The van der Waals surface area contributed by atoms with Crippen molar-refractivity contribution in [2.45, 2.75) is 38.8 Å². The fraction of sp³-hybridized carbons (Fsp3) is 0.400. The van der Waals surface area contributed by atoms with Crippen LogP contribution in [0, 0.1) is 5.82 Å². The van der Waals surface area contributed by atoms with Gasteiger partial charge in [0, 0.05) is 37.6 Å². The van der Waals surface area contributed by atoms with Gasteiger partial charge in [-0.1, -0.05) is 11.6 Å². The Morgan fingerprint density at radius 3 is 2.57 bits per heavy atom. The summed E-state index contributed by atoms with van der Waals surface area (Å²) in [6, 6.07) is 4.53. The van der Waals surface area contributed by atoms with Gasteiger partial charge >= 0.3 is 5.97 Å². The number of carboxylic acids is 1. The molecule has 1 fully saturated rings. The summed E-state index contributed by atoms with van der Waals surface area (Å²) in [7, 11) is 0. The Hall–Kier alpha value is -2.55. The second kappa shape index (κ2) is 8.64. The van der Waals surface area contributed by atoms with Gasteiger partial charge in [-0.25, -0.2) is 9.37 Å². The summed E-state index contributed by atoms with van der Waals surface area (Å²) in [5.41, 5.74) is 4.46. The van der Waals surface area contributed by atoms with E-state index in [2.05, 4.69) is 9.55 Å². The molecule has 0 aliphatic carbocycles. The Balaban J connectivity index is 0.00000140. The molecule has 0 bridgehead atoms. The summed E-state index contributed by atoms with van der Waals surface area (Å²) in [4.78, 5) is 17.8. The molecule has 0 amide bonds. The normalized spacial score (nSPS) is 17.5. The predicted molar refractivity (Wildman–Crippen MR) is 103 cm³/mol. The van der Waals surface area contributed by atoms with Crippen LogP contribution in [-0.2, 0) is 17.8 Å². The highest BCUT2D eigenvalue weighted by molar-refractivity contribution is 5.81. The zero-order valence-electron chi connectivity index (χ0n) is 15.8. The standard InChI is InChI=1S/C20H22FN3O2.2H2O/c1-13(20(25)26)23-8-4-14(5-9-23)18-17-3-2-16(21)12-15(17)6-10-24-11-7-22-19(18)24;;/h2-3,7,11-13H,4-6,8-10H2,1H3,(H,25,26);2*1H2. The first-order valence-corrected chi connectivity index (χ1v) is 9.04. The monoisotopic (exact) mass is 391 g/mol. The molecule has 8 heteroatoms. The first kappa shape index (κ1) is 21.7. The van der Waals surface area contributed by atoms with Gasteiger partial charge in [0.2, 0.25) is 0 Å². The number of rotatable bonds is 2. The summed E-state index contributed by atoms with van der Waals surface area (Å²) >= 11 is 0. The molecule has 1 aromatic heterocycles. The van der Waals surface area contributed by atoms with Gasteiger partial charge < -0.3 is 20.6 Å². The van der Waals surface area contributed by atoms with Crippen LogP contribution in [-0.4, -0.2) is 55.6 Å². The fourth-order valence-electron chi connectivity index (χ4n) is 4.03. The fourth-order valence-corrected chi connectivity index (χ4v) is 4.03. The maximum atomic E-state index is 13.8. The second-order valence-electron chi connectivity index (χ2n) is 7.02. The maximum Gasteiger partial charge on any atom is 0.320 e. The van der Waals surface area contributed by atoms with E-state index in [-0.39, 0.29) is 16.8 Å². The first-order valence-electron chi connectivity index (χ1n) is 9.04. The molecular formula is C20H26FN3O4. The van der Waals surface area contributed by atoms with Crippen LogP contribution in [0.15, 0.2) is 36.2 Å². The smallest absolute Gasteiger partial charge is 0.320 e. The number of aromatic nitrogens is 2. The third-order valence-electron chi connectivity index (χ3n) is 5.56. The number of piperidine rings is 1. The predicted octanol–water partition coefficient (Wildman–Crippen LogP) is 1.30. The third-order valence-corrected chi connectivity index (χ3v) is 5.56. The molecule has 1 unspecified atom stereocenters. The zero-order valence-corrected chi connectivity index (χ0v) is 15.8. The summed E-state index contributed by atoms with van der Waals surface area (Å²) in [5.74, 6) is -0.0604. The van der Waals surface area contributed by atoms with Crippen molar-refractivity contribution in [3.05, 3.63) is 58.9 Å². The highest BCUT2D eigenvalue weighted by atomic mass is 19.1. The van der Waals surface area contributed by atoms with E-state index in [1.54, 1.807) is 13.0 Å². The van der Waals surface area contributed by atoms with Crippen LogP contribution in [0.2, 0.25) is 0 Å². The van der Waals surface area contributed by atoms with Crippen molar-refractivity contribution in [3.8, 4) is 0 Å². The molecule has 0 saturated carbocycles. The number of aliphatic carboxylic acids is 1. The number of hydrogen-bond acceptors (Lipinski definition) is 3. The number of imidazole rings is 1. The van der Waals surface area contributed by atoms with Crippen LogP contribution in [0.3, 0.4) is 0 Å². The van der Waals surface area contributed by atoms with Gasteiger partial charge in [0.25, 0.3) is 0 Å². The first-order chi connectivity index (χ1) is 12.5. The average Bonchev–Trinajstić information content (AvgIpc) is 3.04. The highest BCUT2D eigenvalue weighted by Crippen LogP contribution is 2.36.